The van der Waals surface area contributed by atoms with E-state index >= 15 is 0 Å². The molecule has 1 aliphatic heterocycles. The number of nitrogens with zero attached hydrogens (tertiary/aromatic N) is 1. The first-order chi connectivity index (χ1) is 9.36. The van der Waals surface area contributed by atoms with Crippen molar-refractivity contribution in [2.24, 2.45) is 4.99 Å². The van der Waals surface area contributed by atoms with Gasteiger partial charge in [-0.2, -0.15) is 0 Å². The minimum atomic E-state index is 0.280. The Morgan fingerprint density at radius 1 is 1.11 bits per heavy atom. The highest BCUT2D eigenvalue weighted by Gasteiger charge is 2.12. The summed E-state index contributed by atoms with van der Waals surface area (Å²) in [5.41, 5.74) is 1.75. The van der Waals surface area contributed by atoms with Crippen LogP contribution in [0.1, 0.15) is 5.56 Å². The molecule has 0 unspecified atom stereocenters. The highest BCUT2D eigenvalue weighted by molar-refractivity contribution is 5.83. The first kappa shape index (κ1) is 11.6. The Hall–Kier alpha value is -2.49. The number of ether oxygens (including phenoxy) is 3. The van der Waals surface area contributed by atoms with E-state index in [0.29, 0.717) is 0 Å². The standard InChI is InChI=1S/C15H13NO3/c1-17-13-5-3-2-4-12(13)16-9-11-6-7-14-15(8-11)19-10-18-14/h2-9H,10H2,1H3. The van der Waals surface area contributed by atoms with Crippen molar-refractivity contribution in [1.29, 1.82) is 0 Å². The molecule has 1 heterocycles. The zero-order valence-corrected chi connectivity index (χ0v) is 10.5. The third-order valence-corrected chi connectivity index (χ3v) is 2.83. The normalized spacial score (nSPS) is 12.9. The molecule has 2 aromatic rings. The van der Waals surface area contributed by atoms with Crippen molar-refractivity contribution in [3.63, 3.8) is 0 Å². The molecule has 0 atom stereocenters. The second kappa shape index (κ2) is 5.02. The molecule has 0 aromatic heterocycles. The third kappa shape index (κ3) is 2.38. The van der Waals surface area contributed by atoms with Gasteiger partial charge in [-0.25, -0.2) is 0 Å². The molecule has 1 aliphatic rings. The average Bonchev–Trinajstić information content (AvgIpc) is 2.93. The molecule has 0 N–H and O–H groups in total. The number of fused-ring (bicyclic) bond motifs is 1. The van der Waals surface area contributed by atoms with E-state index in [9.17, 15) is 0 Å². The molecular formula is C15H13NO3. The van der Waals surface area contributed by atoms with Gasteiger partial charge in [0.1, 0.15) is 11.4 Å². The molecular weight excluding hydrogens is 242 g/mol. The fourth-order valence-electron chi connectivity index (χ4n) is 1.87. The molecule has 3 rings (SSSR count). The van der Waals surface area contributed by atoms with Crippen LogP contribution < -0.4 is 14.2 Å². The molecule has 19 heavy (non-hydrogen) atoms. The number of methoxy groups -OCH3 is 1. The van der Waals surface area contributed by atoms with Gasteiger partial charge < -0.3 is 14.2 Å². The summed E-state index contributed by atoms with van der Waals surface area (Å²) < 4.78 is 15.8. The molecule has 0 fully saturated rings. The summed E-state index contributed by atoms with van der Waals surface area (Å²) in [4.78, 5) is 4.43. The van der Waals surface area contributed by atoms with E-state index in [1.54, 1.807) is 13.3 Å². The summed E-state index contributed by atoms with van der Waals surface area (Å²) in [5.74, 6) is 2.28. The van der Waals surface area contributed by atoms with Gasteiger partial charge in [0.05, 0.1) is 7.11 Å². The summed E-state index contributed by atoms with van der Waals surface area (Å²) in [6.07, 6.45) is 1.78. The summed E-state index contributed by atoms with van der Waals surface area (Å²) in [5, 5.41) is 0. The van der Waals surface area contributed by atoms with Gasteiger partial charge in [-0.1, -0.05) is 12.1 Å². The summed E-state index contributed by atoms with van der Waals surface area (Å²) in [6.45, 7) is 0.280. The lowest BCUT2D eigenvalue weighted by molar-refractivity contribution is 0.174. The largest absolute Gasteiger partial charge is 0.494 e. The lowest BCUT2D eigenvalue weighted by atomic mass is 10.2. The number of aliphatic imine (C=N–C) groups is 1. The van der Waals surface area contributed by atoms with E-state index < -0.39 is 0 Å². The topological polar surface area (TPSA) is 40.0 Å². The average molecular weight is 255 g/mol. The Morgan fingerprint density at radius 3 is 2.84 bits per heavy atom. The molecule has 2 aromatic carbocycles. The van der Waals surface area contributed by atoms with Crippen molar-refractivity contribution in [1.82, 2.24) is 0 Å². The van der Waals surface area contributed by atoms with Crippen LogP contribution in [0.3, 0.4) is 0 Å². The Labute approximate surface area is 111 Å². The van der Waals surface area contributed by atoms with Crippen LogP contribution >= 0.6 is 0 Å². The fourth-order valence-corrected chi connectivity index (χ4v) is 1.87. The van der Waals surface area contributed by atoms with Crippen LogP contribution in [-0.4, -0.2) is 20.1 Å². The van der Waals surface area contributed by atoms with Crippen molar-refractivity contribution >= 4 is 11.9 Å². The van der Waals surface area contributed by atoms with Gasteiger partial charge in [0.2, 0.25) is 6.79 Å². The molecule has 0 bridgehead atoms. The number of para-hydroxylation sites is 2. The molecule has 0 saturated heterocycles. The van der Waals surface area contributed by atoms with E-state index in [2.05, 4.69) is 4.99 Å². The number of rotatable bonds is 3. The second-order valence-corrected chi connectivity index (χ2v) is 4.04. The van der Waals surface area contributed by atoms with Gasteiger partial charge in [0.15, 0.2) is 11.5 Å². The highest BCUT2D eigenvalue weighted by atomic mass is 16.7. The Bertz CT molecular complexity index is 623. The first-order valence-corrected chi connectivity index (χ1v) is 5.93. The monoisotopic (exact) mass is 255 g/mol. The van der Waals surface area contributed by atoms with Gasteiger partial charge in [-0.05, 0) is 35.9 Å². The van der Waals surface area contributed by atoms with Gasteiger partial charge in [-0.15, -0.1) is 0 Å². The maximum Gasteiger partial charge on any atom is 0.231 e. The maximum absolute atomic E-state index is 5.33. The minimum absolute atomic E-state index is 0.280. The SMILES string of the molecule is COc1ccccc1N=Cc1ccc2c(c1)OCO2. The van der Waals surface area contributed by atoms with Crippen LogP contribution in [-0.2, 0) is 0 Å². The van der Waals surface area contributed by atoms with E-state index in [0.717, 1.165) is 28.5 Å². The van der Waals surface area contributed by atoms with Crippen molar-refractivity contribution in [2.45, 2.75) is 0 Å². The van der Waals surface area contributed by atoms with Crippen molar-refractivity contribution < 1.29 is 14.2 Å². The third-order valence-electron chi connectivity index (χ3n) is 2.83. The fraction of sp³-hybridized carbons (Fsp3) is 0.133. The van der Waals surface area contributed by atoms with Crippen LogP contribution in [0.5, 0.6) is 17.2 Å². The summed E-state index contributed by atoms with van der Waals surface area (Å²) >= 11 is 0. The molecule has 0 spiro atoms. The van der Waals surface area contributed by atoms with Gasteiger partial charge in [-0.3, -0.25) is 4.99 Å². The zero-order valence-electron chi connectivity index (χ0n) is 10.5. The molecule has 0 radical (unpaired) electrons. The molecule has 4 nitrogen and oxygen atoms in total. The van der Waals surface area contributed by atoms with E-state index in [4.69, 9.17) is 14.2 Å². The number of hydrogen-bond donors (Lipinski definition) is 0. The van der Waals surface area contributed by atoms with Crippen LogP contribution in [0.4, 0.5) is 5.69 Å². The van der Waals surface area contributed by atoms with Gasteiger partial charge in [0, 0.05) is 6.21 Å². The first-order valence-electron chi connectivity index (χ1n) is 5.93. The van der Waals surface area contributed by atoms with Crippen molar-refractivity contribution in [3.8, 4) is 17.2 Å². The Balaban J connectivity index is 1.86. The molecule has 0 saturated carbocycles. The summed E-state index contributed by atoms with van der Waals surface area (Å²) in [7, 11) is 1.63. The number of hydrogen-bond acceptors (Lipinski definition) is 4. The maximum atomic E-state index is 5.33. The molecule has 4 heteroatoms. The quantitative estimate of drug-likeness (QED) is 0.791. The molecule has 0 amide bonds. The molecule has 0 aliphatic carbocycles. The van der Waals surface area contributed by atoms with Crippen LogP contribution in [0.15, 0.2) is 47.5 Å². The van der Waals surface area contributed by atoms with Gasteiger partial charge >= 0.3 is 0 Å². The highest BCUT2D eigenvalue weighted by Crippen LogP contribution is 2.32. The van der Waals surface area contributed by atoms with Crippen molar-refractivity contribution in [3.05, 3.63) is 48.0 Å². The van der Waals surface area contributed by atoms with Gasteiger partial charge in [0.25, 0.3) is 0 Å². The van der Waals surface area contributed by atoms with Crippen LogP contribution in [0, 0.1) is 0 Å². The predicted molar refractivity (Wildman–Crippen MR) is 72.8 cm³/mol. The number of benzene rings is 2. The summed E-state index contributed by atoms with van der Waals surface area (Å²) in [6, 6.07) is 13.3. The van der Waals surface area contributed by atoms with E-state index in [-0.39, 0.29) is 6.79 Å². The predicted octanol–water partition coefficient (Wildman–Crippen LogP) is 3.17. The molecule has 96 valence electrons. The smallest absolute Gasteiger partial charge is 0.231 e. The van der Waals surface area contributed by atoms with Crippen LogP contribution in [0.25, 0.3) is 0 Å². The minimum Gasteiger partial charge on any atom is -0.494 e. The van der Waals surface area contributed by atoms with Crippen molar-refractivity contribution in [2.75, 3.05) is 13.9 Å². The lowest BCUT2D eigenvalue weighted by Gasteiger charge is -2.03. The Kier molecular flexibility index (Phi) is 3.06. The van der Waals surface area contributed by atoms with Crippen LogP contribution in [0.2, 0.25) is 0 Å². The Morgan fingerprint density at radius 2 is 1.95 bits per heavy atom. The second-order valence-electron chi connectivity index (χ2n) is 4.04. The van der Waals surface area contributed by atoms with E-state index in [1.807, 2.05) is 42.5 Å². The van der Waals surface area contributed by atoms with E-state index in [1.165, 1.54) is 0 Å². The zero-order chi connectivity index (χ0) is 13.1. The lowest BCUT2D eigenvalue weighted by Crippen LogP contribution is -1.92.